The summed E-state index contributed by atoms with van der Waals surface area (Å²) >= 11 is 0. The fourth-order valence-corrected chi connectivity index (χ4v) is 4.04. The Hall–Kier alpha value is -3.25. The zero-order chi connectivity index (χ0) is 29.6. The van der Waals surface area contributed by atoms with E-state index in [4.69, 9.17) is 4.74 Å². The molecule has 4 atom stereocenters. The molecule has 2 bridgehead atoms. The highest BCUT2D eigenvalue weighted by atomic mass is 19.4. The lowest BCUT2D eigenvalue weighted by atomic mass is 9.84. The Morgan fingerprint density at radius 2 is 1.69 bits per heavy atom. The average Bonchev–Trinajstić information content (AvgIpc) is 2.83. The van der Waals surface area contributed by atoms with Gasteiger partial charge in [0, 0.05) is 0 Å². The second-order valence-corrected chi connectivity index (χ2v) is 8.92. The molecule has 0 aromatic heterocycles. The molecule has 17 heteroatoms. The van der Waals surface area contributed by atoms with Gasteiger partial charge in [-0.2, -0.15) is 26.3 Å². The van der Waals surface area contributed by atoms with Crippen molar-refractivity contribution in [2.45, 2.75) is 48.9 Å². The number of halogens is 6. The number of benzene rings is 1. The van der Waals surface area contributed by atoms with Crippen LogP contribution in [-0.2, 0) is 31.4 Å². The number of aliphatic hydroxyl groups excluding tert-OH is 2. The maximum absolute atomic E-state index is 13.3. The van der Waals surface area contributed by atoms with Crippen molar-refractivity contribution >= 4 is 17.8 Å². The molecular weight excluding hydrogens is 550 g/mol. The monoisotopic (exact) mass is 572 g/mol. The van der Waals surface area contributed by atoms with Crippen molar-refractivity contribution < 1.29 is 70.6 Å². The first-order chi connectivity index (χ1) is 17.8. The first kappa shape index (κ1) is 30.3. The number of carbonyl (C=O) groups is 3. The number of ether oxygens (including phenoxy) is 2. The molecule has 4 rings (SSSR count). The van der Waals surface area contributed by atoms with Crippen LogP contribution in [-0.4, -0.2) is 81.2 Å². The van der Waals surface area contributed by atoms with Gasteiger partial charge >= 0.3 is 18.3 Å². The zero-order valence-corrected chi connectivity index (χ0v) is 19.8. The number of piperazine rings is 1. The van der Waals surface area contributed by atoms with Crippen molar-refractivity contribution in [1.82, 2.24) is 10.6 Å². The van der Waals surface area contributed by atoms with Crippen LogP contribution in [0.25, 0.3) is 0 Å². The van der Waals surface area contributed by atoms with E-state index >= 15 is 0 Å². The summed E-state index contributed by atoms with van der Waals surface area (Å²) in [6.07, 6.45) is -12.6. The van der Waals surface area contributed by atoms with Crippen LogP contribution in [0.2, 0.25) is 0 Å². The van der Waals surface area contributed by atoms with Crippen molar-refractivity contribution in [3.63, 3.8) is 0 Å². The van der Waals surface area contributed by atoms with E-state index in [1.165, 1.54) is 0 Å². The van der Waals surface area contributed by atoms with E-state index in [0.29, 0.717) is 6.07 Å². The van der Waals surface area contributed by atoms with Gasteiger partial charge in [-0.05, 0) is 37.1 Å². The van der Waals surface area contributed by atoms with Gasteiger partial charge < -0.3 is 40.5 Å². The minimum Gasteiger partial charge on any atom is -0.458 e. The van der Waals surface area contributed by atoms with E-state index in [1.54, 1.807) is 0 Å². The van der Waals surface area contributed by atoms with Gasteiger partial charge in [-0.15, -0.1) is 0 Å². The van der Waals surface area contributed by atoms with E-state index in [2.05, 4.69) is 4.74 Å². The number of rotatable bonds is 6. The maximum Gasteiger partial charge on any atom is 0.417 e. The minimum atomic E-state index is -5.34. The van der Waals surface area contributed by atoms with Crippen LogP contribution in [0.15, 0.2) is 29.8 Å². The number of carbonyl (C=O) groups excluding carboxylic acids is 3. The highest BCUT2D eigenvalue weighted by molar-refractivity contribution is 6.03. The Labute approximate surface area is 215 Å². The van der Waals surface area contributed by atoms with Crippen LogP contribution in [0.1, 0.15) is 34.8 Å². The molecule has 216 valence electrons. The van der Waals surface area contributed by atoms with E-state index in [1.807, 2.05) is 10.6 Å². The van der Waals surface area contributed by atoms with Crippen molar-refractivity contribution in [2.24, 2.45) is 0 Å². The Bertz CT molecular complexity index is 1170. The van der Waals surface area contributed by atoms with Gasteiger partial charge in [-0.25, -0.2) is 4.79 Å². The molecule has 3 saturated heterocycles. The lowest BCUT2D eigenvalue weighted by molar-refractivity contribution is -0.230. The summed E-state index contributed by atoms with van der Waals surface area (Å²) in [4.78, 5) is 37.9. The predicted molar refractivity (Wildman–Crippen MR) is 113 cm³/mol. The maximum atomic E-state index is 13.3. The molecule has 3 heterocycles. The second kappa shape index (κ2) is 10.1. The Kier molecular flexibility index (Phi) is 7.81. The summed E-state index contributed by atoms with van der Waals surface area (Å²) in [7, 11) is 0. The summed E-state index contributed by atoms with van der Waals surface area (Å²) < 4.78 is 89.8. The molecule has 0 unspecified atom stereocenters. The normalized spacial score (nSPS) is 27.2. The number of aliphatic hydroxyl groups is 4. The van der Waals surface area contributed by atoms with Gasteiger partial charge in [0.1, 0.15) is 18.3 Å². The van der Waals surface area contributed by atoms with Crippen LogP contribution in [0.3, 0.4) is 0 Å². The van der Waals surface area contributed by atoms with Crippen LogP contribution in [0, 0.1) is 0 Å². The summed E-state index contributed by atoms with van der Waals surface area (Å²) in [6.45, 7) is -1.74. The molecule has 39 heavy (non-hydrogen) atoms. The molecule has 6 N–H and O–H groups in total. The molecule has 0 aliphatic carbocycles. The third kappa shape index (κ3) is 5.44. The van der Waals surface area contributed by atoms with Gasteiger partial charge in [0.15, 0.2) is 0 Å². The standard InChI is InChI=1S/C22H22F6N2O9/c1-18(36,9-31)15(33)20-17(35)29-19(37,16(34)30-20)10(6-8-39-20)5-7-38-14(32)13-11(21(23,24)25)3-2-4-12(13)22(26,27)28/h2-5,15,31,33,36-37H,6-9H2,1H3,(H,29,35)(H,30,34)/b10-5+/t15-,18+,19-,20+/m1/s1. The van der Waals surface area contributed by atoms with Crippen molar-refractivity contribution in [3.8, 4) is 0 Å². The van der Waals surface area contributed by atoms with Gasteiger partial charge in [0.05, 0.1) is 29.9 Å². The number of fused-ring (bicyclic) bond motifs is 5. The fourth-order valence-electron chi connectivity index (χ4n) is 4.04. The van der Waals surface area contributed by atoms with Gasteiger partial charge in [0.2, 0.25) is 5.72 Å². The molecule has 3 aliphatic rings. The summed E-state index contributed by atoms with van der Waals surface area (Å²) in [5.74, 6) is -4.80. The van der Waals surface area contributed by atoms with Crippen LogP contribution < -0.4 is 10.6 Å². The first-order valence-electron chi connectivity index (χ1n) is 11.0. The molecule has 0 saturated carbocycles. The van der Waals surface area contributed by atoms with E-state index in [0.717, 1.165) is 13.0 Å². The smallest absolute Gasteiger partial charge is 0.417 e. The van der Waals surface area contributed by atoms with Gasteiger partial charge in [0.25, 0.3) is 17.5 Å². The lowest BCUT2D eigenvalue weighted by Gasteiger charge is -2.50. The number of hydrogen-bond acceptors (Lipinski definition) is 9. The van der Waals surface area contributed by atoms with E-state index in [9.17, 15) is 61.2 Å². The minimum absolute atomic E-state index is 0.260. The molecule has 0 radical (unpaired) electrons. The van der Waals surface area contributed by atoms with Gasteiger partial charge in [-0.3, -0.25) is 9.59 Å². The number of amides is 2. The summed E-state index contributed by atoms with van der Waals surface area (Å²) in [6, 6.07) is 0.988. The first-order valence-corrected chi connectivity index (χ1v) is 11.0. The zero-order valence-electron chi connectivity index (χ0n) is 19.8. The number of alkyl halides is 6. The van der Waals surface area contributed by atoms with Crippen molar-refractivity contribution in [2.75, 3.05) is 19.8 Å². The highest BCUT2D eigenvalue weighted by Gasteiger charge is 2.63. The Morgan fingerprint density at radius 3 is 2.21 bits per heavy atom. The van der Waals surface area contributed by atoms with Crippen LogP contribution >= 0.6 is 0 Å². The molecule has 3 fully saturated rings. The molecule has 0 spiro atoms. The van der Waals surface area contributed by atoms with Crippen LogP contribution in [0.4, 0.5) is 26.3 Å². The molecule has 3 aliphatic heterocycles. The van der Waals surface area contributed by atoms with E-state index in [-0.39, 0.29) is 12.1 Å². The number of esters is 1. The average molecular weight is 572 g/mol. The lowest BCUT2D eigenvalue weighted by Crippen LogP contribution is -2.82. The predicted octanol–water partition coefficient (Wildman–Crippen LogP) is -0.0372. The topological polar surface area (TPSA) is 175 Å². The van der Waals surface area contributed by atoms with E-state index < -0.39 is 102 Å². The van der Waals surface area contributed by atoms with Crippen molar-refractivity contribution in [1.29, 1.82) is 0 Å². The molecular formula is C22H22F6N2O9. The molecule has 2 amide bonds. The molecule has 1 aromatic carbocycles. The highest BCUT2D eigenvalue weighted by Crippen LogP contribution is 2.40. The van der Waals surface area contributed by atoms with Crippen molar-refractivity contribution in [3.05, 3.63) is 46.5 Å². The Balaban J connectivity index is 1.89. The molecule has 1 aromatic rings. The second-order valence-electron chi connectivity index (χ2n) is 8.92. The fraction of sp³-hybridized carbons (Fsp3) is 0.500. The third-order valence-electron chi connectivity index (χ3n) is 6.14. The number of hydrogen-bond donors (Lipinski definition) is 6. The number of nitrogens with one attached hydrogen (secondary N) is 2. The van der Waals surface area contributed by atoms with Crippen LogP contribution in [0.5, 0.6) is 0 Å². The summed E-state index contributed by atoms with van der Waals surface area (Å²) in [5, 5.41) is 44.6. The Morgan fingerprint density at radius 1 is 1.13 bits per heavy atom. The van der Waals surface area contributed by atoms with Gasteiger partial charge in [-0.1, -0.05) is 6.07 Å². The SMILES string of the molecule is C[C@](O)(CO)[C@@H](O)[C@@]12NC(=O)[C@@](O)(NC1=O)/C(=C/COC(=O)c1c(C(F)(F)F)cccc1C(F)(F)F)CCO2. The quantitative estimate of drug-likeness (QED) is 0.155. The third-order valence-corrected chi connectivity index (χ3v) is 6.14. The summed E-state index contributed by atoms with van der Waals surface area (Å²) in [5.41, 5.74) is -13.9. The molecule has 11 nitrogen and oxygen atoms in total. The largest absolute Gasteiger partial charge is 0.458 e.